The van der Waals surface area contributed by atoms with E-state index in [1.165, 1.54) is 0 Å². The van der Waals surface area contributed by atoms with Gasteiger partial charge in [-0.1, -0.05) is 34.1 Å². The van der Waals surface area contributed by atoms with Gasteiger partial charge < -0.3 is 4.57 Å². The fourth-order valence-corrected chi connectivity index (χ4v) is 3.03. The lowest BCUT2D eigenvalue weighted by Gasteiger charge is -2.04. The summed E-state index contributed by atoms with van der Waals surface area (Å²) in [5.74, 6) is 0.0757. The summed E-state index contributed by atoms with van der Waals surface area (Å²) >= 11 is 3.43. The Morgan fingerprint density at radius 2 is 1.85 bits per heavy atom. The molecule has 0 amide bonds. The lowest BCUT2D eigenvalue weighted by atomic mass is 9.99. The molecule has 0 saturated heterocycles. The van der Waals surface area contributed by atoms with Gasteiger partial charge in [0.2, 0.25) is 0 Å². The lowest BCUT2D eigenvalue weighted by molar-refractivity contribution is 0.103. The summed E-state index contributed by atoms with van der Waals surface area (Å²) < 4.78 is 2.99. The minimum atomic E-state index is 0.0757. The Balaban J connectivity index is 2.18. The molecule has 2 aromatic carbocycles. The molecule has 20 heavy (non-hydrogen) atoms. The molecule has 2 nitrogen and oxygen atoms in total. The van der Waals surface area contributed by atoms with E-state index < -0.39 is 0 Å². The third-order valence-electron chi connectivity index (χ3n) is 3.57. The van der Waals surface area contributed by atoms with Crippen LogP contribution in [0.2, 0.25) is 0 Å². The smallest absolute Gasteiger partial charge is 0.195 e. The minimum Gasteiger partial charge on any atom is -0.350 e. The van der Waals surface area contributed by atoms with Gasteiger partial charge in [-0.15, -0.1) is 0 Å². The van der Waals surface area contributed by atoms with Crippen LogP contribution in [-0.4, -0.2) is 10.4 Å². The van der Waals surface area contributed by atoms with E-state index in [9.17, 15) is 4.79 Å². The molecule has 0 aliphatic carbocycles. The molecular formula is C17H14BrNO. The number of rotatable bonds is 2. The van der Waals surface area contributed by atoms with Gasteiger partial charge in [-0.25, -0.2) is 0 Å². The summed E-state index contributed by atoms with van der Waals surface area (Å²) in [6.45, 7) is 1.96. The number of benzene rings is 2. The highest BCUT2D eigenvalue weighted by molar-refractivity contribution is 9.10. The molecule has 0 aliphatic rings. The maximum absolute atomic E-state index is 12.8. The maximum atomic E-state index is 12.8. The summed E-state index contributed by atoms with van der Waals surface area (Å²) in [6.07, 6.45) is 1.91. The van der Waals surface area contributed by atoms with Crippen LogP contribution in [0.4, 0.5) is 0 Å². The number of ketones is 1. The van der Waals surface area contributed by atoms with Gasteiger partial charge >= 0.3 is 0 Å². The zero-order valence-electron chi connectivity index (χ0n) is 11.4. The summed E-state index contributed by atoms with van der Waals surface area (Å²) in [7, 11) is 1.97. The molecule has 3 rings (SSSR count). The molecule has 100 valence electrons. The second-order valence-electron chi connectivity index (χ2n) is 4.96. The number of nitrogens with zero attached hydrogens (tertiary/aromatic N) is 1. The van der Waals surface area contributed by atoms with E-state index in [4.69, 9.17) is 0 Å². The van der Waals surface area contributed by atoms with E-state index in [-0.39, 0.29) is 5.78 Å². The Labute approximate surface area is 126 Å². The molecular weight excluding hydrogens is 314 g/mol. The number of para-hydroxylation sites is 1. The van der Waals surface area contributed by atoms with Crippen LogP contribution in [0.5, 0.6) is 0 Å². The van der Waals surface area contributed by atoms with Crippen molar-refractivity contribution < 1.29 is 4.79 Å². The number of carbonyl (C=O) groups is 1. The molecule has 3 heteroatoms. The SMILES string of the molecule is Cc1cc(Br)ccc1C(=O)c1cn(C)c2ccccc12. The number of hydrogen-bond acceptors (Lipinski definition) is 1. The fourth-order valence-electron chi connectivity index (χ4n) is 2.55. The highest BCUT2D eigenvalue weighted by Crippen LogP contribution is 2.25. The van der Waals surface area contributed by atoms with Gasteiger partial charge in [0.05, 0.1) is 0 Å². The lowest BCUT2D eigenvalue weighted by Crippen LogP contribution is -2.03. The van der Waals surface area contributed by atoms with Crippen LogP contribution < -0.4 is 0 Å². The molecule has 3 aromatic rings. The molecule has 0 spiro atoms. The van der Waals surface area contributed by atoms with Crippen LogP contribution in [0.3, 0.4) is 0 Å². The third kappa shape index (κ3) is 2.08. The van der Waals surface area contributed by atoms with Gasteiger partial charge in [0.25, 0.3) is 0 Å². The Kier molecular flexibility index (Phi) is 3.22. The molecule has 1 heterocycles. The maximum Gasteiger partial charge on any atom is 0.195 e. The average Bonchev–Trinajstić information content (AvgIpc) is 2.76. The topological polar surface area (TPSA) is 22.0 Å². The van der Waals surface area contributed by atoms with E-state index in [0.717, 1.165) is 32.1 Å². The quantitative estimate of drug-likeness (QED) is 0.636. The molecule has 0 fully saturated rings. The van der Waals surface area contributed by atoms with Crippen molar-refractivity contribution in [3.8, 4) is 0 Å². The van der Waals surface area contributed by atoms with Crippen LogP contribution in [0, 0.1) is 6.92 Å². The van der Waals surface area contributed by atoms with Crippen molar-refractivity contribution in [3.05, 3.63) is 69.8 Å². The van der Waals surface area contributed by atoms with Crippen molar-refractivity contribution >= 4 is 32.6 Å². The standard InChI is InChI=1S/C17H14BrNO/c1-11-9-12(18)7-8-13(11)17(20)15-10-19(2)16-6-4-3-5-14(15)16/h3-10H,1-2H3. The molecule has 0 aliphatic heterocycles. The fraction of sp³-hybridized carbons (Fsp3) is 0.118. The van der Waals surface area contributed by atoms with Gasteiger partial charge in [0.1, 0.15) is 0 Å². The summed E-state index contributed by atoms with van der Waals surface area (Å²) in [5.41, 5.74) is 3.57. The van der Waals surface area contributed by atoms with E-state index in [1.807, 2.05) is 67.2 Å². The van der Waals surface area contributed by atoms with Crippen molar-refractivity contribution in [1.29, 1.82) is 0 Å². The van der Waals surface area contributed by atoms with Crippen molar-refractivity contribution in [2.24, 2.45) is 7.05 Å². The van der Waals surface area contributed by atoms with Gasteiger partial charge in [0.15, 0.2) is 5.78 Å². The van der Waals surface area contributed by atoms with E-state index in [2.05, 4.69) is 15.9 Å². The van der Waals surface area contributed by atoms with Crippen LogP contribution in [0.1, 0.15) is 21.5 Å². The molecule has 1 aromatic heterocycles. The van der Waals surface area contributed by atoms with Crippen molar-refractivity contribution in [2.45, 2.75) is 6.92 Å². The zero-order valence-corrected chi connectivity index (χ0v) is 12.9. The first-order valence-corrected chi connectivity index (χ1v) is 7.22. The predicted molar refractivity (Wildman–Crippen MR) is 85.2 cm³/mol. The van der Waals surface area contributed by atoms with Crippen molar-refractivity contribution in [1.82, 2.24) is 4.57 Å². The van der Waals surface area contributed by atoms with Crippen LogP contribution in [0.25, 0.3) is 10.9 Å². The monoisotopic (exact) mass is 327 g/mol. The van der Waals surface area contributed by atoms with Gasteiger partial charge in [-0.2, -0.15) is 0 Å². The Morgan fingerprint density at radius 3 is 2.60 bits per heavy atom. The van der Waals surface area contributed by atoms with Crippen LogP contribution in [0.15, 0.2) is 53.1 Å². The first kappa shape index (κ1) is 13.1. The zero-order chi connectivity index (χ0) is 14.3. The second kappa shape index (κ2) is 4.91. The van der Waals surface area contributed by atoms with E-state index in [1.54, 1.807) is 0 Å². The van der Waals surface area contributed by atoms with Gasteiger partial charge in [-0.3, -0.25) is 4.79 Å². The number of halogens is 1. The van der Waals surface area contributed by atoms with Gasteiger partial charge in [-0.05, 0) is 36.8 Å². The molecule has 0 saturated carbocycles. The summed E-state index contributed by atoms with van der Waals surface area (Å²) in [4.78, 5) is 12.8. The summed E-state index contributed by atoms with van der Waals surface area (Å²) in [5, 5.41) is 1.00. The molecule has 0 bridgehead atoms. The van der Waals surface area contributed by atoms with Crippen LogP contribution in [-0.2, 0) is 7.05 Å². The number of aromatic nitrogens is 1. The second-order valence-corrected chi connectivity index (χ2v) is 5.87. The summed E-state index contributed by atoms with van der Waals surface area (Å²) in [6, 6.07) is 13.7. The largest absolute Gasteiger partial charge is 0.350 e. The normalized spacial score (nSPS) is 10.9. The predicted octanol–water partition coefficient (Wildman–Crippen LogP) is 4.48. The number of fused-ring (bicyclic) bond motifs is 1. The Hall–Kier alpha value is -1.87. The third-order valence-corrected chi connectivity index (χ3v) is 4.07. The first-order valence-electron chi connectivity index (χ1n) is 6.43. The van der Waals surface area contributed by atoms with Crippen LogP contribution >= 0.6 is 15.9 Å². The first-order chi connectivity index (χ1) is 9.58. The molecule has 0 unspecified atom stereocenters. The van der Waals surface area contributed by atoms with E-state index >= 15 is 0 Å². The van der Waals surface area contributed by atoms with E-state index in [0.29, 0.717) is 0 Å². The average molecular weight is 328 g/mol. The molecule has 0 N–H and O–H groups in total. The highest BCUT2D eigenvalue weighted by atomic mass is 79.9. The number of aryl methyl sites for hydroxylation is 2. The molecule has 0 atom stereocenters. The minimum absolute atomic E-state index is 0.0757. The van der Waals surface area contributed by atoms with Crippen molar-refractivity contribution in [3.63, 3.8) is 0 Å². The number of carbonyl (C=O) groups excluding carboxylic acids is 1. The van der Waals surface area contributed by atoms with Crippen molar-refractivity contribution in [2.75, 3.05) is 0 Å². The van der Waals surface area contributed by atoms with Gasteiger partial charge in [0, 0.05) is 39.7 Å². The molecule has 0 radical (unpaired) electrons. The Bertz CT molecular complexity index is 817. The number of hydrogen-bond donors (Lipinski definition) is 0. The Morgan fingerprint density at radius 1 is 1.10 bits per heavy atom. The highest BCUT2D eigenvalue weighted by Gasteiger charge is 2.17.